The summed E-state index contributed by atoms with van der Waals surface area (Å²) in [7, 11) is 0. The van der Waals surface area contributed by atoms with Gasteiger partial charge in [0.05, 0.1) is 18.2 Å². The van der Waals surface area contributed by atoms with Crippen molar-refractivity contribution in [3.63, 3.8) is 0 Å². The summed E-state index contributed by atoms with van der Waals surface area (Å²) in [4.78, 5) is 21.3. The molecule has 2 aliphatic heterocycles. The molecule has 11 heteroatoms. The minimum atomic E-state index is -5.08. The molecule has 3 N–H and O–H groups in total. The number of para-hydroxylation sites is 1. The van der Waals surface area contributed by atoms with Crippen LogP contribution in [-0.4, -0.2) is 52.6 Å². The van der Waals surface area contributed by atoms with E-state index in [1.807, 2.05) is 29.1 Å². The fourth-order valence-corrected chi connectivity index (χ4v) is 2.65. The Bertz CT molecular complexity index is 878. The monoisotopic (exact) mass is 398 g/mol. The Kier molecular flexibility index (Phi) is 5.54. The number of rotatable bonds is 3. The van der Waals surface area contributed by atoms with Crippen molar-refractivity contribution < 1.29 is 32.6 Å². The lowest BCUT2D eigenvalue weighted by molar-refractivity contribution is -0.192. The van der Waals surface area contributed by atoms with E-state index >= 15 is 0 Å². The third kappa shape index (κ3) is 4.42. The van der Waals surface area contributed by atoms with Crippen molar-refractivity contribution in [2.24, 2.45) is 0 Å². The highest BCUT2D eigenvalue weighted by atomic mass is 19.4. The van der Waals surface area contributed by atoms with Crippen LogP contribution in [0.25, 0.3) is 0 Å². The zero-order chi connectivity index (χ0) is 20.3. The van der Waals surface area contributed by atoms with Crippen molar-refractivity contribution in [2.45, 2.75) is 18.6 Å². The van der Waals surface area contributed by atoms with Crippen LogP contribution >= 0.6 is 0 Å². The molecular weight excluding hydrogens is 381 g/mol. The van der Waals surface area contributed by atoms with E-state index in [1.165, 1.54) is 0 Å². The number of aromatic nitrogens is 2. The number of nitrogens with zero attached hydrogens (tertiary/aromatic N) is 2. The molecule has 0 spiro atoms. The van der Waals surface area contributed by atoms with Gasteiger partial charge in [-0.2, -0.15) is 18.3 Å². The van der Waals surface area contributed by atoms with E-state index in [0.29, 0.717) is 29.8 Å². The molecule has 4 rings (SSSR count). The summed E-state index contributed by atoms with van der Waals surface area (Å²) in [5.74, 6) is -1.65. The summed E-state index contributed by atoms with van der Waals surface area (Å²) in [6.07, 6.45) is -2.33. The number of amides is 1. The lowest BCUT2D eigenvalue weighted by Gasteiger charge is -2.27. The van der Waals surface area contributed by atoms with E-state index in [1.54, 1.807) is 6.07 Å². The van der Waals surface area contributed by atoms with Crippen molar-refractivity contribution >= 4 is 17.7 Å². The number of ether oxygens (including phenoxy) is 1. The van der Waals surface area contributed by atoms with Gasteiger partial charge in [-0.05, 0) is 11.6 Å². The molecule has 0 saturated carbocycles. The molecule has 1 amide bonds. The first-order chi connectivity index (χ1) is 13.3. The zero-order valence-corrected chi connectivity index (χ0v) is 14.5. The number of alkyl halides is 3. The van der Waals surface area contributed by atoms with Crippen LogP contribution in [-0.2, 0) is 11.2 Å². The molecule has 1 aromatic carbocycles. The van der Waals surface area contributed by atoms with Crippen LogP contribution in [0.3, 0.4) is 0 Å². The summed E-state index contributed by atoms with van der Waals surface area (Å²) >= 11 is 0. The van der Waals surface area contributed by atoms with Crippen molar-refractivity contribution in [2.75, 3.05) is 25.0 Å². The maximum atomic E-state index is 12.4. The third-order valence-corrected chi connectivity index (χ3v) is 4.19. The van der Waals surface area contributed by atoms with Gasteiger partial charge < -0.3 is 20.5 Å². The lowest BCUT2D eigenvalue weighted by atomic mass is 10.1. The Morgan fingerprint density at radius 1 is 1.29 bits per heavy atom. The minimum Gasteiger partial charge on any atom is -0.492 e. The minimum absolute atomic E-state index is 0.175. The maximum Gasteiger partial charge on any atom is 0.490 e. The molecular formula is C17H17F3N4O4. The molecule has 150 valence electrons. The summed E-state index contributed by atoms with van der Waals surface area (Å²) in [6, 6.07) is 7.88. The molecule has 1 saturated heterocycles. The lowest BCUT2D eigenvalue weighted by Crippen LogP contribution is -2.43. The number of hydrogen-bond donors (Lipinski definition) is 3. The van der Waals surface area contributed by atoms with Crippen LogP contribution in [0, 0.1) is 0 Å². The number of hydrogen-bond acceptors (Lipinski definition) is 5. The van der Waals surface area contributed by atoms with Crippen molar-refractivity contribution in [3.05, 3.63) is 41.6 Å². The smallest absolute Gasteiger partial charge is 0.490 e. The molecule has 28 heavy (non-hydrogen) atoms. The Labute approximate surface area is 157 Å². The number of carboxylic acids is 1. The molecule has 0 atom stereocenters. The number of carbonyl (C=O) groups excluding carboxylic acids is 1. The number of fused-ring (bicyclic) bond motifs is 1. The highest BCUT2D eigenvalue weighted by molar-refractivity contribution is 6.06. The van der Waals surface area contributed by atoms with Crippen molar-refractivity contribution in [1.29, 1.82) is 0 Å². The molecule has 1 fully saturated rings. The van der Waals surface area contributed by atoms with Gasteiger partial charge in [-0.1, -0.05) is 12.1 Å². The van der Waals surface area contributed by atoms with E-state index in [0.717, 1.165) is 25.1 Å². The van der Waals surface area contributed by atoms with E-state index in [2.05, 4.69) is 15.7 Å². The fraction of sp³-hybridized carbons (Fsp3) is 0.353. The Morgan fingerprint density at radius 2 is 2.00 bits per heavy atom. The van der Waals surface area contributed by atoms with Gasteiger partial charge in [-0.25, -0.2) is 4.79 Å². The van der Waals surface area contributed by atoms with E-state index in [9.17, 15) is 18.0 Å². The Balaban J connectivity index is 0.000000279. The first-order valence-electron chi connectivity index (χ1n) is 8.37. The molecule has 0 radical (unpaired) electrons. The van der Waals surface area contributed by atoms with Crippen molar-refractivity contribution in [1.82, 2.24) is 15.1 Å². The highest BCUT2D eigenvalue weighted by Gasteiger charge is 2.38. The standard InChI is InChI=1S/C15H16N4O2.C2HF3O2/c20-15(12-3-1-2-10-5-7-21-14(10)12)17-13-4-6-19(18-13)11-8-16-9-11;3-2(4,5)1(6)7/h1-4,6,11,16H,5,7-9H2,(H,17,18,20);(H,6,7). The summed E-state index contributed by atoms with van der Waals surface area (Å²) < 4.78 is 39.2. The quantitative estimate of drug-likeness (QED) is 0.729. The first-order valence-corrected chi connectivity index (χ1v) is 8.37. The van der Waals surface area contributed by atoms with E-state index < -0.39 is 12.1 Å². The molecule has 0 aliphatic carbocycles. The average Bonchev–Trinajstić information content (AvgIpc) is 3.22. The van der Waals surface area contributed by atoms with Crippen LogP contribution in [0.4, 0.5) is 19.0 Å². The fourth-order valence-electron chi connectivity index (χ4n) is 2.65. The molecule has 1 aromatic heterocycles. The number of benzene rings is 1. The Hall–Kier alpha value is -3.08. The first kappa shape index (κ1) is 19.7. The number of halogens is 3. The van der Waals surface area contributed by atoms with Crippen LogP contribution < -0.4 is 15.4 Å². The largest absolute Gasteiger partial charge is 0.492 e. The molecule has 3 heterocycles. The van der Waals surface area contributed by atoms with Crippen LogP contribution in [0.2, 0.25) is 0 Å². The van der Waals surface area contributed by atoms with Gasteiger partial charge in [-0.15, -0.1) is 0 Å². The highest BCUT2D eigenvalue weighted by Crippen LogP contribution is 2.29. The Morgan fingerprint density at radius 3 is 2.61 bits per heavy atom. The van der Waals surface area contributed by atoms with Crippen LogP contribution in [0.5, 0.6) is 5.75 Å². The summed E-state index contributed by atoms with van der Waals surface area (Å²) in [5, 5.41) is 17.6. The maximum absolute atomic E-state index is 12.4. The molecule has 2 aromatic rings. The van der Waals surface area contributed by atoms with Gasteiger partial charge in [0.15, 0.2) is 5.82 Å². The van der Waals surface area contributed by atoms with Gasteiger partial charge in [0.2, 0.25) is 0 Å². The number of carbonyl (C=O) groups is 2. The number of carboxylic acid groups (broad SMARTS) is 1. The SMILES string of the molecule is O=C(Nc1ccn(C2CNC2)n1)c1cccc2c1OCC2.O=C(O)C(F)(F)F. The van der Waals surface area contributed by atoms with Crippen molar-refractivity contribution in [3.8, 4) is 5.75 Å². The van der Waals surface area contributed by atoms with E-state index in [-0.39, 0.29) is 5.91 Å². The second-order valence-corrected chi connectivity index (χ2v) is 6.14. The van der Waals surface area contributed by atoms with Gasteiger partial charge in [0, 0.05) is 31.8 Å². The predicted molar refractivity (Wildman–Crippen MR) is 91.4 cm³/mol. The van der Waals surface area contributed by atoms with Crippen LogP contribution in [0.15, 0.2) is 30.5 Å². The second-order valence-electron chi connectivity index (χ2n) is 6.14. The normalized spacial score (nSPS) is 15.5. The molecule has 8 nitrogen and oxygen atoms in total. The van der Waals surface area contributed by atoms with Gasteiger partial charge in [0.1, 0.15) is 5.75 Å². The number of nitrogens with one attached hydrogen (secondary N) is 2. The average molecular weight is 398 g/mol. The van der Waals surface area contributed by atoms with Gasteiger partial charge >= 0.3 is 12.1 Å². The second kappa shape index (κ2) is 7.89. The topological polar surface area (TPSA) is 105 Å². The summed E-state index contributed by atoms with van der Waals surface area (Å²) in [6.45, 7) is 2.49. The predicted octanol–water partition coefficient (Wildman–Crippen LogP) is 1.85. The molecule has 0 unspecified atom stereocenters. The van der Waals surface area contributed by atoms with E-state index in [4.69, 9.17) is 14.6 Å². The van der Waals surface area contributed by atoms with Gasteiger partial charge in [0.25, 0.3) is 5.91 Å². The zero-order valence-electron chi connectivity index (χ0n) is 14.5. The van der Waals surface area contributed by atoms with Gasteiger partial charge in [-0.3, -0.25) is 9.48 Å². The molecule has 0 bridgehead atoms. The molecule has 2 aliphatic rings. The van der Waals surface area contributed by atoms with Crippen LogP contribution in [0.1, 0.15) is 22.0 Å². The summed E-state index contributed by atoms with van der Waals surface area (Å²) in [5.41, 5.74) is 1.67. The third-order valence-electron chi connectivity index (χ3n) is 4.19. The number of anilines is 1. The number of aliphatic carboxylic acids is 1.